The molecular weight excluding hydrogens is 461 g/mol. The second-order valence-corrected chi connectivity index (χ2v) is 7.90. The van der Waals surface area contributed by atoms with Gasteiger partial charge in [-0.05, 0) is 44.9 Å². The van der Waals surface area contributed by atoms with Crippen molar-refractivity contribution in [3.63, 3.8) is 0 Å². The standard InChI is InChI=1S/C20H43BrN.HI/c1-4-7-10-13-18-22(17-9-6-3,20-15-12-16-21)19-14-11-8-5-2;/h4-20H2,1-3H3;1H/q+1;/p-1. The van der Waals surface area contributed by atoms with Crippen molar-refractivity contribution in [2.24, 2.45) is 0 Å². The molecule has 0 spiro atoms. The lowest BCUT2D eigenvalue weighted by Gasteiger charge is -2.39. The lowest BCUT2D eigenvalue weighted by Crippen LogP contribution is -3.00. The number of rotatable bonds is 17. The highest BCUT2D eigenvalue weighted by Crippen LogP contribution is 2.18. The van der Waals surface area contributed by atoms with Crippen molar-refractivity contribution < 1.29 is 28.5 Å². The molecule has 0 saturated heterocycles. The molecule has 0 bridgehead atoms. The van der Waals surface area contributed by atoms with E-state index in [1.165, 1.54) is 113 Å². The van der Waals surface area contributed by atoms with Crippen LogP contribution in [-0.4, -0.2) is 36.0 Å². The van der Waals surface area contributed by atoms with Crippen LogP contribution in [0.5, 0.6) is 0 Å². The highest BCUT2D eigenvalue weighted by molar-refractivity contribution is 9.09. The van der Waals surface area contributed by atoms with Gasteiger partial charge in [-0.3, -0.25) is 0 Å². The largest absolute Gasteiger partial charge is 1.00 e. The predicted molar refractivity (Wildman–Crippen MR) is 106 cm³/mol. The molecule has 0 rings (SSSR count). The summed E-state index contributed by atoms with van der Waals surface area (Å²) in [6.45, 7) is 12.7. The topological polar surface area (TPSA) is 0 Å². The second kappa shape index (κ2) is 19.5. The van der Waals surface area contributed by atoms with E-state index in [-0.39, 0.29) is 24.0 Å². The van der Waals surface area contributed by atoms with Crippen LogP contribution in [0.3, 0.4) is 0 Å². The lowest BCUT2D eigenvalue weighted by molar-refractivity contribution is -0.929. The Kier molecular flexibility index (Phi) is 22.4. The Bertz CT molecular complexity index is 212. The molecule has 23 heavy (non-hydrogen) atoms. The maximum Gasteiger partial charge on any atom is 0.0786 e. The summed E-state index contributed by atoms with van der Waals surface area (Å²) in [5, 5.41) is 1.17. The van der Waals surface area contributed by atoms with Crippen molar-refractivity contribution >= 4 is 15.9 Å². The van der Waals surface area contributed by atoms with Crippen LogP contribution in [0, 0.1) is 0 Å². The molecule has 0 aliphatic carbocycles. The van der Waals surface area contributed by atoms with Crippen LogP contribution in [0.25, 0.3) is 0 Å². The molecule has 0 radical (unpaired) electrons. The van der Waals surface area contributed by atoms with Gasteiger partial charge in [0.1, 0.15) is 0 Å². The summed E-state index contributed by atoms with van der Waals surface area (Å²) in [6.07, 6.45) is 16.8. The zero-order valence-corrected chi connectivity index (χ0v) is 20.0. The number of unbranched alkanes of at least 4 members (excludes halogenated alkanes) is 8. The average Bonchev–Trinajstić information content (AvgIpc) is 2.54. The molecule has 0 atom stereocenters. The van der Waals surface area contributed by atoms with Crippen molar-refractivity contribution in [3.8, 4) is 0 Å². The van der Waals surface area contributed by atoms with Crippen LogP contribution < -0.4 is 24.0 Å². The van der Waals surface area contributed by atoms with E-state index in [0.717, 1.165) is 0 Å². The van der Waals surface area contributed by atoms with Crippen LogP contribution in [0.1, 0.15) is 97.8 Å². The van der Waals surface area contributed by atoms with Gasteiger partial charge in [-0.15, -0.1) is 0 Å². The third-order valence-electron chi connectivity index (χ3n) is 4.97. The van der Waals surface area contributed by atoms with Crippen molar-refractivity contribution in [1.29, 1.82) is 0 Å². The molecule has 0 aromatic heterocycles. The van der Waals surface area contributed by atoms with Gasteiger partial charge >= 0.3 is 0 Å². The summed E-state index contributed by atoms with van der Waals surface area (Å²) in [6, 6.07) is 0. The number of quaternary nitrogens is 1. The zero-order chi connectivity index (χ0) is 16.5. The molecule has 0 aliphatic heterocycles. The first kappa shape index (κ1) is 26.4. The van der Waals surface area contributed by atoms with Crippen molar-refractivity contribution in [1.82, 2.24) is 0 Å². The SMILES string of the molecule is CCCCCC[N+](CCCC)(CCCCBr)CCCCCC.[I-]. The smallest absolute Gasteiger partial charge is 0.0786 e. The Morgan fingerprint density at radius 1 is 0.522 bits per heavy atom. The van der Waals surface area contributed by atoms with Crippen LogP contribution in [0.4, 0.5) is 0 Å². The summed E-state index contributed by atoms with van der Waals surface area (Å²) < 4.78 is 1.42. The fraction of sp³-hybridized carbons (Fsp3) is 1.00. The molecule has 142 valence electrons. The lowest BCUT2D eigenvalue weighted by atomic mass is 10.1. The molecule has 0 heterocycles. The van der Waals surface area contributed by atoms with E-state index in [9.17, 15) is 0 Å². The molecule has 0 fully saturated rings. The molecule has 0 aromatic rings. The molecule has 0 N–H and O–H groups in total. The Morgan fingerprint density at radius 3 is 1.30 bits per heavy atom. The predicted octanol–water partition coefficient (Wildman–Crippen LogP) is 3.94. The Hall–Kier alpha value is 1.17. The summed E-state index contributed by atoms with van der Waals surface area (Å²) in [5.41, 5.74) is 0. The molecule has 0 unspecified atom stereocenters. The first-order valence-corrected chi connectivity index (χ1v) is 11.3. The normalized spacial score (nSPS) is 11.5. The van der Waals surface area contributed by atoms with Gasteiger partial charge in [0.05, 0.1) is 26.2 Å². The minimum absolute atomic E-state index is 0. The van der Waals surface area contributed by atoms with Gasteiger partial charge in [0.2, 0.25) is 0 Å². The average molecular weight is 504 g/mol. The summed E-state index contributed by atoms with van der Waals surface area (Å²) in [7, 11) is 0. The number of hydrogen-bond acceptors (Lipinski definition) is 0. The third-order valence-corrected chi connectivity index (χ3v) is 5.53. The van der Waals surface area contributed by atoms with E-state index in [0.29, 0.717) is 0 Å². The molecule has 0 aromatic carbocycles. The van der Waals surface area contributed by atoms with Crippen LogP contribution in [-0.2, 0) is 0 Å². The van der Waals surface area contributed by atoms with Crippen LogP contribution >= 0.6 is 15.9 Å². The van der Waals surface area contributed by atoms with Gasteiger partial charge in [-0.25, -0.2) is 0 Å². The van der Waals surface area contributed by atoms with E-state index in [4.69, 9.17) is 0 Å². The fourth-order valence-electron chi connectivity index (χ4n) is 3.45. The van der Waals surface area contributed by atoms with Crippen LogP contribution in [0.15, 0.2) is 0 Å². The molecule has 0 saturated carbocycles. The fourth-order valence-corrected chi connectivity index (χ4v) is 3.85. The van der Waals surface area contributed by atoms with Crippen molar-refractivity contribution in [3.05, 3.63) is 0 Å². The first-order valence-electron chi connectivity index (χ1n) is 10.2. The third kappa shape index (κ3) is 15.2. The second-order valence-electron chi connectivity index (χ2n) is 7.11. The van der Waals surface area contributed by atoms with Crippen molar-refractivity contribution in [2.45, 2.75) is 97.8 Å². The maximum absolute atomic E-state index is 3.61. The Labute approximate surface area is 173 Å². The summed E-state index contributed by atoms with van der Waals surface area (Å²) in [4.78, 5) is 0. The van der Waals surface area contributed by atoms with Gasteiger partial charge in [0.15, 0.2) is 0 Å². The van der Waals surface area contributed by atoms with E-state index in [2.05, 4.69) is 36.7 Å². The number of alkyl halides is 1. The van der Waals surface area contributed by atoms with Gasteiger partial charge < -0.3 is 28.5 Å². The minimum Gasteiger partial charge on any atom is -1.00 e. The van der Waals surface area contributed by atoms with E-state index in [1.54, 1.807) is 0 Å². The highest BCUT2D eigenvalue weighted by Gasteiger charge is 2.25. The highest BCUT2D eigenvalue weighted by atomic mass is 127. The molecule has 1 nitrogen and oxygen atoms in total. The minimum atomic E-state index is 0. The first-order chi connectivity index (χ1) is 10.7. The van der Waals surface area contributed by atoms with Gasteiger partial charge in [0, 0.05) is 5.33 Å². The molecule has 0 aliphatic rings. The van der Waals surface area contributed by atoms with Gasteiger partial charge in [0.25, 0.3) is 0 Å². The van der Waals surface area contributed by atoms with Crippen LogP contribution in [0.2, 0.25) is 0 Å². The Morgan fingerprint density at radius 2 is 0.913 bits per heavy atom. The van der Waals surface area contributed by atoms with Gasteiger partial charge in [-0.2, -0.15) is 0 Å². The quantitative estimate of drug-likeness (QED) is 0.122. The van der Waals surface area contributed by atoms with Crippen molar-refractivity contribution in [2.75, 3.05) is 31.5 Å². The van der Waals surface area contributed by atoms with Gasteiger partial charge in [-0.1, -0.05) is 68.8 Å². The molecular formula is C20H43BrIN. The zero-order valence-electron chi connectivity index (χ0n) is 16.2. The number of nitrogens with zero attached hydrogens (tertiary/aromatic N) is 1. The number of hydrogen-bond donors (Lipinski definition) is 0. The molecule has 0 amide bonds. The summed E-state index contributed by atoms with van der Waals surface area (Å²) >= 11 is 3.61. The van der Waals surface area contributed by atoms with E-state index in [1.807, 2.05) is 0 Å². The maximum atomic E-state index is 3.61. The summed E-state index contributed by atoms with van der Waals surface area (Å²) in [5.74, 6) is 0. The number of halogens is 2. The monoisotopic (exact) mass is 503 g/mol. The van der Waals surface area contributed by atoms with E-state index < -0.39 is 0 Å². The van der Waals surface area contributed by atoms with E-state index >= 15 is 0 Å². The molecule has 3 heteroatoms. The Balaban J connectivity index is 0.